The van der Waals surface area contributed by atoms with Crippen LogP contribution in [-0.4, -0.2) is 24.5 Å². The molecular formula is C18H17N5. The van der Waals surface area contributed by atoms with Crippen LogP contribution >= 0.6 is 0 Å². The predicted octanol–water partition coefficient (Wildman–Crippen LogP) is 2.67. The first-order chi connectivity index (χ1) is 11.1. The van der Waals surface area contributed by atoms with Gasteiger partial charge in [-0.2, -0.15) is 0 Å². The van der Waals surface area contributed by atoms with Gasteiger partial charge in [0.05, 0.1) is 29.0 Å². The molecule has 0 bridgehead atoms. The Kier molecular flexibility index (Phi) is 3.05. The number of hydrogen-bond acceptors (Lipinski definition) is 3. The SMILES string of the molecule is Cc1ccc2c(c1)-n1nncc1Cc1c(C#CC(C)C)ncn1-2. The van der Waals surface area contributed by atoms with Crippen LogP contribution in [0.4, 0.5) is 0 Å². The Labute approximate surface area is 135 Å². The molecule has 23 heavy (non-hydrogen) atoms. The normalized spacial score (nSPS) is 12.0. The first-order valence-corrected chi connectivity index (χ1v) is 7.72. The Morgan fingerprint density at radius 2 is 2.09 bits per heavy atom. The molecule has 1 aromatic carbocycles. The maximum absolute atomic E-state index is 4.53. The van der Waals surface area contributed by atoms with E-state index in [-0.39, 0.29) is 0 Å². The monoisotopic (exact) mass is 303 g/mol. The summed E-state index contributed by atoms with van der Waals surface area (Å²) >= 11 is 0. The fraction of sp³-hybridized carbons (Fsp3) is 0.278. The summed E-state index contributed by atoms with van der Waals surface area (Å²) in [5.41, 5.74) is 6.23. The van der Waals surface area contributed by atoms with Gasteiger partial charge in [0.25, 0.3) is 0 Å². The standard InChI is InChI=1S/C18H17N5/c1-12(2)4-6-15-17-9-14-10-20-21-23(14)18-8-13(3)5-7-16(18)22(17)11-19-15/h5,7-8,10-12H,9H2,1-3H3. The lowest BCUT2D eigenvalue weighted by molar-refractivity contribution is 0.777. The van der Waals surface area contributed by atoms with Crippen LogP contribution < -0.4 is 0 Å². The molecule has 1 aliphatic heterocycles. The van der Waals surface area contributed by atoms with Crippen molar-refractivity contribution in [2.45, 2.75) is 27.2 Å². The second-order valence-electron chi connectivity index (χ2n) is 6.14. The molecule has 0 atom stereocenters. The average Bonchev–Trinajstić information content (AvgIpc) is 3.11. The fourth-order valence-corrected chi connectivity index (χ4v) is 2.83. The van der Waals surface area contributed by atoms with Crippen molar-refractivity contribution in [2.24, 2.45) is 5.92 Å². The zero-order valence-electron chi connectivity index (χ0n) is 13.4. The molecule has 0 unspecified atom stereocenters. The molecular weight excluding hydrogens is 286 g/mol. The molecule has 0 spiro atoms. The van der Waals surface area contributed by atoms with E-state index in [1.165, 1.54) is 5.56 Å². The molecule has 0 saturated carbocycles. The number of aromatic nitrogens is 5. The molecule has 0 saturated heterocycles. The smallest absolute Gasteiger partial charge is 0.135 e. The number of hydrogen-bond donors (Lipinski definition) is 0. The highest BCUT2D eigenvalue weighted by molar-refractivity contribution is 5.58. The van der Waals surface area contributed by atoms with Crippen LogP contribution in [-0.2, 0) is 6.42 Å². The minimum atomic E-state index is 0.320. The van der Waals surface area contributed by atoms with Gasteiger partial charge in [0.15, 0.2) is 0 Å². The van der Waals surface area contributed by atoms with E-state index in [0.717, 1.165) is 28.5 Å². The van der Waals surface area contributed by atoms with Crippen molar-refractivity contribution in [1.29, 1.82) is 0 Å². The van der Waals surface area contributed by atoms with E-state index in [1.807, 2.05) is 17.2 Å². The summed E-state index contributed by atoms with van der Waals surface area (Å²) in [4.78, 5) is 4.53. The number of imidazole rings is 1. The van der Waals surface area contributed by atoms with Gasteiger partial charge >= 0.3 is 0 Å². The molecule has 1 aliphatic rings. The van der Waals surface area contributed by atoms with Crippen LogP contribution in [0.3, 0.4) is 0 Å². The van der Waals surface area contributed by atoms with E-state index in [9.17, 15) is 0 Å². The van der Waals surface area contributed by atoms with Crippen molar-refractivity contribution >= 4 is 0 Å². The van der Waals surface area contributed by atoms with Gasteiger partial charge in [-0.1, -0.05) is 31.0 Å². The van der Waals surface area contributed by atoms with Crippen molar-refractivity contribution < 1.29 is 0 Å². The Bertz CT molecular complexity index is 949. The third-order valence-corrected chi connectivity index (χ3v) is 3.93. The van der Waals surface area contributed by atoms with Gasteiger partial charge in [0, 0.05) is 12.3 Å². The highest BCUT2D eigenvalue weighted by atomic mass is 15.4. The summed E-state index contributed by atoms with van der Waals surface area (Å²) in [6.07, 6.45) is 4.38. The molecule has 5 heteroatoms. The Morgan fingerprint density at radius 3 is 2.91 bits per heavy atom. The van der Waals surface area contributed by atoms with E-state index >= 15 is 0 Å². The van der Waals surface area contributed by atoms with Crippen LogP contribution in [0.5, 0.6) is 0 Å². The summed E-state index contributed by atoms with van der Waals surface area (Å²) in [7, 11) is 0. The Balaban J connectivity index is 1.98. The summed E-state index contributed by atoms with van der Waals surface area (Å²) in [5, 5.41) is 8.35. The zero-order valence-corrected chi connectivity index (χ0v) is 13.4. The minimum absolute atomic E-state index is 0.320. The van der Waals surface area contributed by atoms with Gasteiger partial charge in [-0.15, -0.1) is 5.10 Å². The molecule has 0 fully saturated rings. The minimum Gasteiger partial charge on any atom is -0.299 e. The molecule has 0 aliphatic carbocycles. The van der Waals surface area contributed by atoms with E-state index in [4.69, 9.17) is 0 Å². The van der Waals surface area contributed by atoms with Gasteiger partial charge in [0.1, 0.15) is 12.0 Å². The second-order valence-corrected chi connectivity index (χ2v) is 6.14. The van der Waals surface area contributed by atoms with E-state index < -0.39 is 0 Å². The van der Waals surface area contributed by atoms with E-state index in [0.29, 0.717) is 12.3 Å². The second kappa shape index (κ2) is 5.10. The van der Waals surface area contributed by atoms with Crippen molar-refractivity contribution in [1.82, 2.24) is 24.5 Å². The zero-order chi connectivity index (χ0) is 16.0. The van der Waals surface area contributed by atoms with Crippen molar-refractivity contribution in [3.05, 3.63) is 53.4 Å². The number of fused-ring (bicyclic) bond motifs is 5. The maximum Gasteiger partial charge on any atom is 0.135 e. The van der Waals surface area contributed by atoms with Crippen molar-refractivity contribution in [2.75, 3.05) is 0 Å². The number of aryl methyl sites for hydroxylation is 1. The van der Waals surface area contributed by atoms with Gasteiger partial charge in [-0.25, -0.2) is 9.67 Å². The highest BCUT2D eigenvalue weighted by Gasteiger charge is 2.22. The van der Waals surface area contributed by atoms with Gasteiger partial charge in [0.2, 0.25) is 0 Å². The lowest BCUT2D eigenvalue weighted by atomic mass is 10.1. The van der Waals surface area contributed by atoms with Crippen LogP contribution in [0.1, 0.15) is 36.5 Å². The van der Waals surface area contributed by atoms with Crippen LogP contribution in [0.25, 0.3) is 11.4 Å². The van der Waals surface area contributed by atoms with Crippen LogP contribution in [0.15, 0.2) is 30.7 Å². The van der Waals surface area contributed by atoms with Gasteiger partial charge < -0.3 is 0 Å². The third-order valence-electron chi connectivity index (χ3n) is 3.93. The number of benzene rings is 1. The summed E-state index contributed by atoms with van der Waals surface area (Å²) in [6, 6.07) is 6.33. The molecule has 4 rings (SSSR count). The topological polar surface area (TPSA) is 48.5 Å². The highest BCUT2D eigenvalue weighted by Crippen LogP contribution is 2.28. The van der Waals surface area contributed by atoms with Crippen LogP contribution in [0.2, 0.25) is 0 Å². The number of rotatable bonds is 0. The molecule has 0 radical (unpaired) electrons. The van der Waals surface area contributed by atoms with E-state index in [1.54, 1.807) is 0 Å². The summed E-state index contributed by atoms with van der Waals surface area (Å²) < 4.78 is 4.03. The molecule has 3 heterocycles. The molecule has 114 valence electrons. The number of nitrogens with zero attached hydrogens (tertiary/aromatic N) is 5. The summed E-state index contributed by atoms with van der Waals surface area (Å²) in [6.45, 7) is 6.24. The van der Waals surface area contributed by atoms with Gasteiger partial charge in [-0.3, -0.25) is 4.57 Å². The molecule has 5 nitrogen and oxygen atoms in total. The van der Waals surface area contributed by atoms with Crippen LogP contribution in [0, 0.1) is 24.7 Å². The van der Waals surface area contributed by atoms with Gasteiger partial charge in [-0.05, 0) is 30.5 Å². The van der Waals surface area contributed by atoms with E-state index in [2.05, 4.69) is 70.7 Å². The third kappa shape index (κ3) is 2.23. The first-order valence-electron chi connectivity index (χ1n) is 7.72. The lowest BCUT2D eigenvalue weighted by Gasteiger charge is -2.10. The Hall–Kier alpha value is -2.87. The quantitative estimate of drug-likeness (QED) is 0.469. The largest absolute Gasteiger partial charge is 0.299 e. The first kappa shape index (κ1) is 13.8. The van der Waals surface area contributed by atoms with Crippen molar-refractivity contribution in [3.63, 3.8) is 0 Å². The average molecular weight is 303 g/mol. The molecule has 3 aromatic rings. The Morgan fingerprint density at radius 1 is 1.22 bits per heavy atom. The van der Waals surface area contributed by atoms with Crippen molar-refractivity contribution in [3.8, 4) is 23.2 Å². The predicted molar refractivity (Wildman–Crippen MR) is 87.7 cm³/mol. The molecule has 0 amide bonds. The maximum atomic E-state index is 4.53. The molecule has 2 aromatic heterocycles. The lowest BCUT2D eigenvalue weighted by Crippen LogP contribution is -2.03. The fourth-order valence-electron chi connectivity index (χ4n) is 2.83. The molecule has 0 N–H and O–H groups in total. The summed E-state index contributed by atoms with van der Waals surface area (Å²) in [5.74, 6) is 6.74.